The van der Waals surface area contributed by atoms with Crippen LogP contribution in [0.25, 0.3) is 21.9 Å². The van der Waals surface area contributed by atoms with E-state index < -0.39 is 0 Å². The first-order valence-electron chi connectivity index (χ1n) is 12.4. The summed E-state index contributed by atoms with van der Waals surface area (Å²) in [4.78, 5) is 0. The highest BCUT2D eigenvalue weighted by Crippen LogP contribution is 2.32. The van der Waals surface area contributed by atoms with Crippen LogP contribution in [0.15, 0.2) is 91.0 Å². The maximum absolute atomic E-state index is 6.51. The number of nitrogens with one attached hydrogen (secondary N) is 1. The number of piperidine rings is 1. The normalized spacial score (nSPS) is 17.5. The van der Waals surface area contributed by atoms with Crippen LogP contribution in [0.3, 0.4) is 0 Å². The Balaban J connectivity index is 0.00000304. The van der Waals surface area contributed by atoms with Crippen LogP contribution in [0.5, 0.6) is 5.75 Å². The van der Waals surface area contributed by atoms with Crippen LogP contribution in [-0.2, 0) is 16.1 Å². The number of methoxy groups -OCH3 is 1. The molecule has 1 saturated heterocycles. The molecule has 5 rings (SSSR count). The predicted octanol–water partition coefficient (Wildman–Crippen LogP) is 6.62. The minimum atomic E-state index is 0. The molecular weight excluding hydrogens is 470 g/mol. The molecule has 5 heteroatoms. The highest BCUT2D eigenvalue weighted by atomic mass is 35.5. The van der Waals surface area contributed by atoms with Gasteiger partial charge in [0.05, 0.1) is 19.3 Å². The van der Waals surface area contributed by atoms with E-state index in [0.717, 1.165) is 30.8 Å². The SMILES string of the molecule is COCCOc1cccc(-c2cccc([C@H]3CCNC[C@@H]3OCc3ccc4ccccc4c3)c2)c1.Cl. The van der Waals surface area contributed by atoms with Crippen molar-refractivity contribution in [3.05, 3.63) is 102 Å². The average molecular weight is 504 g/mol. The molecule has 1 heterocycles. The third-order valence-electron chi connectivity index (χ3n) is 6.74. The topological polar surface area (TPSA) is 39.7 Å². The molecule has 1 N–H and O–H groups in total. The molecule has 36 heavy (non-hydrogen) atoms. The Morgan fingerprint density at radius 3 is 2.47 bits per heavy atom. The molecule has 188 valence electrons. The monoisotopic (exact) mass is 503 g/mol. The van der Waals surface area contributed by atoms with Crippen molar-refractivity contribution < 1.29 is 14.2 Å². The molecule has 0 spiro atoms. The van der Waals surface area contributed by atoms with Crippen LogP contribution in [0.1, 0.15) is 23.5 Å². The zero-order valence-electron chi connectivity index (χ0n) is 20.7. The zero-order valence-corrected chi connectivity index (χ0v) is 21.5. The molecule has 4 aromatic rings. The van der Waals surface area contributed by atoms with E-state index >= 15 is 0 Å². The van der Waals surface area contributed by atoms with Gasteiger partial charge in [0.2, 0.25) is 0 Å². The highest BCUT2D eigenvalue weighted by Gasteiger charge is 2.27. The lowest BCUT2D eigenvalue weighted by Gasteiger charge is -2.33. The molecule has 0 radical (unpaired) electrons. The average Bonchev–Trinajstić information content (AvgIpc) is 2.92. The van der Waals surface area contributed by atoms with E-state index in [0.29, 0.717) is 25.7 Å². The lowest BCUT2D eigenvalue weighted by atomic mass is 9.86. The van der Waals surface area contributed by atoms with Crippen LogP contribution in [0, 0.1) is 0 Å². The van der Waals surface area contributed by atoms with Crippen molar-refractivity contribution in [2.24, 2.45) is 0 Å². The molecule has 1 aliphatic rings. The second-order valence-corrected chi connectivity index (χ2v) is 9.12. The van der Waals surface area contributed by atoms with E-state index in [1.807, 2.05) is 12.1 Å². The van der Waals surface area contributed by atoms with Crippen LogP contribution in [0.2, 0.25) is 0 Å². The fourth-order valence-corrected chi connectivity index (χ4v) is 4.88. The Kier molecular flexibility index (Phi) is 9.37. The van der Waals surface area contributed by atoms with Crippen molar-refractivity contribution in [3.63, 3.8) is 0 Å². The van der Waals surface area contributed by atoms with Gasteiger partial charge in [0, 0.05) is 19.6 Å². The Labute approximate surface area is 220 Å². The number of hydrogen-bond donors (Lipinski definition) is 1. The molecule has 0 saturated carbocycles. The molecule has 4 nitrogen and oxygen atoms in total. The number of halogens is 1. The van der Waals surface area contributed by atoms with Gasteiger partial charge in [0.15, 0.2) is 0 Å². The summed E-state index contributed by atoms with van der Waals surface area (Å²) in [5, 5.41) is 6.05. The summed E-state index contributed by atoms with van der Waals surface area (Å²) in [6, 6.07) is 32.2. The van der Waals surface area contributed by atoms with Crippen molar-refractivity contribution in [2.75, 3.05) is 33.4 Å². The molecule has 1 aliphatic heterocycles. The molecule has 4 aromatic carbocycles. The summed E-state index contributed by atoms with van der Waals surface area (Å²) in [6.45, 7) is 3.62. The van der Waals surface area contributed by atoms with Gasteiger partial charge in [-0.15, -0.1) is 12.4 Å². The number of hydrogen-bond acceptors (Lipinski definition) is 4. The molecule has 2 atom stereocenters. The molecular formula is C31H34ClNO3. The second-order valence-electron chi connectivity index (χ2n) is 9.12. The maximum atomic E-state index is 6.51. The van der Waals surface area contributed by atoms with Gasteiger partial charge in [-0.1, -0.05) is 72.8 Å². The van der Waals surface area contributed by atoms with Gasteiger partial charge in [-0.05, 0) is 64.2 Å². The Morgan fingerprint density at radius 1 is 0.806 bits per heavy atom. The number of fused-ring (bicyclic) bond motifs is 1. The van der Waals surface area contributed by atoms with Gasteiger partial charge in [0.25, 0.3) is 0 Å². The van der Waals surface area contributed by atoms with E-state index in [2.05, 4.69) is 84.2 Å². The minimum absolute atomic E-state index is 0. The Morgan fingerprint density at radius 2 is 1.61 bits per heavy atom. The summed E-state index contributed by atoms with van der Waals surface area (Å²) in [6.07, 6.45) is 1.20. The quantitative estimate of drug-likeness (QED) is 0.261. The molecule has 0 bridgehead atoms. The van der Waals surface area contributed by atoms with Gasteiger partial charge in [0.1, 0.15) is 12.4 Å². The number of benzene rings is 4. The van der Waals surface area contributed by atoms with Gasteiger partial charge in [-0.3, -0.25) is 0 Å². The molecule has 0 unspecified atom stereocenters. The van der Waals surface area contributed by atoms with Crippen molar-refractivity contribution >= 4 is 23.2 Å². The predicted molar refractivity (Wildman–Crippen MR) is 149 cm³/mol. The summed E-state index contributed by atoms with van der Waals surface area (Å²) in [5.41, 5.74) is 4.90. The molecule has 0 amide bonds. The van der Waals surface area contributed by atoms with Crippen LogP contribution < -0.4 is 10.1 Å². The van der Waals surface area contributed by atoms with E-state index in [1.165, 1.54) is 27.5 Å². The first kappa shape index (κ1) is 26.2. The van der Waals surface area contributed by atoms with E-state index in [9.17, 15) is 0 Å². The summed E-state index contributed by atoms with van der Waals surface area (Å²) in [7, 11) is 1.69. The maximum Gasteiger partial charge on any atom is 0.120 e. The smallest absolute Gasteiger partial charge is 0.120 e. The van der Waals surface area contributed by atoms with Gasteiger partial charge >= 0.3 is 0 Å². The Hall–Kier alpha value is -2.89. The van der Waals surface area contributed by atoms with Crippen molar-refractivity contribution in [1.29, 1.82) is 0 Å². The van der Waals surface area contributed by atoms with E-state index in [4.69, 9.17) is 14.2 Å². The van der Waals surface area contributed by atoms with Crippen LogP contribution >= 0.6 is 12.4 Å². The number of rotatable bonds is 9. The lowest BCUT2D eigenvalue weighted by molar-refractivity contribution is 0.0107. The van der Waals surface area contributed by atoms with Gasteiger partial charge in [-0.2, -0.15) is 0 Å². The molecule has 0 aromatic heterocycles. The summed E-state index contributed by atoms with van der Waals surface area (Å²) >= 11 is 0. The largest absolute Gasteiger partial charge is 0.491 e. The summed E-state index contributed by atoms with van der Waals surface area (Å²) in [5.74, 6) is 1.22. The summed E-state index contributed by atoms with van der Waals surface area (Å²) < 4.78 is 17.4. The highest BCUT2D eigenvalue weighted by molar-refractivity contribution is 5.85. The third kappa shape index (κ3) is 6.45. The first-order chi connectivity index (χ1) is 17.3. The van der Waals surface area contributed by atoms with Crippen LogP contribution in [0.4, 0.5) is 0 Å². The third-order valence-corrected chi connectivity index (χ3v) is 6.74. The Bertz CT molecular complexity index is 1260. The number of ether oxygens (including phenoxy) is 3. The van der Waals surface area contributed by atoms with Crippen molar-refractivity contribution in [2.45, 2.75) is 25.0 Å². The van der Waals surface area contributed by atoms with Crippen molar-refractivity contribution in [1.82, 2.24) is 5.32 Å². The fraction of sp³-hybridized carbons (Fsp3) is 0.290. The molecule has 0 aliphatic carbocycles. The van der Waals surface area contributed by atoms with E-state index in [-0.39, 0.29) is 18.5 Å². The van der Waals surface area contributed by atoms with E-state index in [1.54, 1.807) is 7.11 Å². The zero-order chi connectivity index (χ0) is 23.9. The van der Waals surface area contributed by atoms with Gasteiger partial charge in [-0.25, -0.2) is 0 Å². The minimum Gasteiger partial charge on any atom is -0.491 e. The standard InChI is InChI=1S/C31H33NO3.ClH/c1-33-16-17-34-29-11-5-9-27(20-29)26-8-4-10-28(19-26)30-14-15-32-21-31(30)35-22-23-12-13-24-6-2-3-7-25(24)18-23;/h2-13,18-20,30-32H,14-17,21-22H2,1H3;1H/t30-,31+;/m1./s1. The van der Waals surface area contributed by atoms with Crippen molar-refractivity contribution in [3.8, 4) is 16.9 Å². The second kappa shape index (κ2) is 12.9. The van der Waals surface area contributed by atoms with Gasteiger partial charge < -0.3 is 19.5 Å². The first-order valence-corrected chi connectivity index (χ1v) is 12.4. The molecule has 1 fully saturated rings. The van der Waals surface area contributed by atoms with Crippen LogP contribution in [-0.4, -0.2) is 39.5 Å². The fourth-order valence-electron chi connectivity index (χ4n) is 4.88. The lowest BCUT2D eigenvalue weighted by Crippen LogP contribution is -2.41.